The maximum Gasteiger partial charge on any atom is 0.156 e. The average molecular weight is 290 g/mol. The first-order valence-corrected chi connectivity index (χ1v) is 8.97. The van der Waals surface area contributed by atoms with Gasteiger partial charge in [-0.1, -0.05) is 0 Å². The van der Waals surface area contributed by atoms with E-state index in [0.717, 1.165) is 51.4 Å². The second-order valence-corrected chi connectivity index (χ2v) is 8.37. The van der Waals surface area contributed by atoms with Crippen LogP contribution in [-0.4, -0.2) is 45.3 Å². The van der Waals surface area contributed by atoms with Crippen LogP contribution in [0.15, 0.2) is 0 Å². The molecule has 2 aliphatic carbocycles. The third-order valence-corrected chi connectivity index (χ3v) is 7.64. The second-order valence-electron chi connectivity index (χ2n) is 5.86. The van der Waals surface area contributed by atoms with E-state index in [4.69, 9.17) is 9.47 Å². The summed E-state index contributed by atoms with van der Waals surface area (Å²) in [4.78, 5) is 0. The van der Waals surface area contributed by atoms with Crippen molar-refractivity contribution in [1.82, 2.24) is 0 Å². The van der Waals surface area contributed by atoms with Crippen LogP contribution in [0.5, 0.6) is 0 Å². The number of rotatable bonds is 4. The Morgan fingerprint density at radius 2 is 1.00 bits per heavy atom. The molecule has 0 atom stereocenters. The van der Waals surface area contributed by atoms with Crippen LogP contribution in [0.25, 0.3) is 0 Å². The zero-order valence-corrected chi connectivity index (χ0v) is 12.8. The summed E-state index contributed by atoms with van der Waals surface area (Å²) in [6.07, 6.45) is 7.13. The largest absolute Gasteiger partial charge is 0.381 e. The van der Waals surface area contributed by atoms with E-state index in [1.165, 1.54) is 0 Å². The fraction of sp³-hybridized carbons (Fsp3) is 1.00. The van der Waals surface area contributed by atoms with E-state index in [2.05, 4.69) is 0 Å². The van der Waals surface area contributed by atoms with E-state index >= 15 is 0 Å². The molecule has 5 heteroatoms. The number of hydrogen-bond donors (Lipinski definition) is 0. The molecule has 2 aliphatic rings. The molecule has 0 amide bonds. The Balaban J connectivity index is 1.92. The quantitative estimate of drug-likeness (QED) is 0.797. The van der Waals surface area contributed by atoms with Crippen molar-refractivity contribution >= 4 is 9.84 Å². The van der Waals surface area contributed by atoms with Gasteiger partial charge in [0.1, 0.15) is 0 Å². The van der Waals surface area contributed by atoms with E-state index in [1.54, 1.807) is 14.2 Å². The van der Waals surface area contributed by atoms with Crippen LogP contribution >= 0.6 is 0 Å². The summed E-state index contributed by atoms with van der Waals surface area (Å²) in [6.45, 7) is 0. The molecule has 2 saturated carbocycles. The lowest BCUT2D eigenvalue weighted by atomic mass is 9.96. The summed E-state index contributed by atoms with van der Waals surface area (Å²) in [5.74, 6) is 0. The molecule has 19 heavy (non-hydrogen) atoms. The van der Waals surface area contributed by atoms with Crippen molar-refractivity contribution in [2.45, 2.75) is 74.1 Å². The molecular weight excluding hydrogens is 264 g/mol. The lowest BCUT2D eigenvalue weighted by Crippen LogP contribution is -2.39. The number of ether oxygens (including phenoxy) is 2. The number of hydrogen-bond acceptors (Lipinski definition) is 4. The molecule has 2 fully saturated rings. The normalized spacial score (nSPS) is 37.2. The first-order valence-electron chi connectivity index (χ1n) is 7.36. The minimum Gasteiger partial charge on any atom is -0.381 e. The second kappa shape index (κ2) is 6.55. The first kappa shape index (κ1) is 15.3. The summed E-state index contributed by atoms with van der Waals surface area (Å²) < 4.78 is 35.9. The summed E-state index contributed by atoms with van der Waals surface area (Å²) in [5, 5.41) is -0.272. The Kier molecular flexibility index (Phi) is 5.26. The predicted octanol–water partition coefficient (Wildman–Crippen LogP) is 2.32. The van der Waals surface area contributed by atoms with Gasteiger partial charge in [0.05, 0.1) is 22.7 Å². The van der Waals surface area contributed by atoms with Crippen molar-refractivity contribution in [3.63, 3.8) is 0 Å². The van der Waals surface area contributed by atoms with Crippen LogP contribution in [0, 0.1) is 0 Å². The summed E-state index contributed by atoms with van der Waals surface area (Å²) in [5.41, 5.74) is 0. The Bertz CT molecular complexity index is 333. The van der Waals surface area contributed by atoms with Gasteiger partial charge in [0.25, 0.3) is 0 Å². The summed E-state index contributed by atoms with van der Waals surface area (Å²) >= 11 is 0. The molecule has 4 nitrogen and oxygen atoms in total. The zero-order chi connectivity index (χ0) is 13.9. The van der Waals surface area contributed by atoms with Gasteiger partial charge in [-0.25, -0.2) is 8.42 Å². The minimum atomic E-state index is -2.96. The fourth-order valence-electron chi connectivity index (χ4n) is 3.47. The first-order chi connectivity index (χ1) is 9.07. The van der Waals surface area contributed by atoms with E-state index in [-0.39, 0.29) is 22.7 Å². The molecule has 112 valence electrons. The van der Waals surface area contributed by atoms with E-state index in [1.807, 2.05) is 0 Å². The highest BCUT2D eigenvalue weighted by Crippen LogP contribution is 2.33. The van der Waals surface area contributed by atoms with Gasteiger partial charge < -0.3 is 9.47 Å². The highest BCUT2D eigenvalue weighted by Gasteiger charge is 2.38. The molecule has 0 heterocycles. The average Bonchev–Trinajstić information content (AvgIpc) is 2.47. The molecule has 0 bridgehead atoms. The minimum absolute atomic E-state index is 0.136. The number of methoxy groups -OCH3 is 2. The third kappa shape index (κ3) is 3.50. The molecule has 0 aromatic carbocycles. The molecule has 2 rings (SSSR count). The van der Waals surface area contributed by atoms with E-state index < -0.39 is 9.84 Å². The molecule has 0 radical (unpaired) electrons. The highest BCUT2D eigenvalue weighted by molar-refractivity contribution is 7.92. The van der Waals surface area contributed by atoms with Crippen LogP contribution in [-0.2, 0) is 19.3 Å². The van der Waals surface area contributed by atoms with E-state index in [0.29, 0.717) is 0 Å². The van der Waals surface area contributed by atoms with Crippen LogP contribution in [0.2, 0.25) is 0 Å². The molecule has 0 spiro atoms. The zero-order valence-electron chi connectivity index (χ0n) is 12.0. The molecule has 0 saturated heterocycles. The van der Waals surface area contributed by atoms with Crippen LogP contribution in [0.1, 0.15) is 51.4 Å². The van der Waals surface area contributed by atoms with Gasteiger partial charge in [-0.3, -0.25) is 0 Å². The molecule has 0 aromatic heterocycles. The SMILES string of the molecule is COC1CCC(S(=O)(=O)C2CCC(OC)CC2)CC1. The van der Waals surface area contributed by atoms with Gasteiger partial charge in [0, 0.05) is 14.2 Å². The van der Waals surface area contributed by atoms with Crippen molar-refractivity contribution in [1.29, 1.82) is 0 Å². The van der Waals surface area contributed by atoms with Gasteiger partial charge in [-0.15, -0.1) is 0 Å². The lowest BCUT2D eigenvalue weighted by molar-refractivity contribution is 0.0691. The van der Waals surface area contributed by atoms with Gasteiger partial charge in [-0.2, -0.15) is 0 Å². The molecule has 0 N–H and O–H groups in total. The van der Waals surface area contributed by atoms with Crippen molar-refractivity contribution in [2.24, 2.45) is 0 Å². The van der Waals surface area contributed by atoms with Gasteiger partial charge in [0.2, 0.25) is 0 Å². The Labute approximate surface area is 116 Å². The van der Waals surface area contributed by atoms with E-state index in [9.17, 15) is 8.42 Å². The Morgan fingerprint density at radius 3 is 1.26 bits per heavy atom. The monoisotopic (exact) mass is 290 g/mol. The smallest absolute Gasteiger partial charge is 0.156 e. The maximum absolute atomic E-state index is 12.6. The van der Waals surface area contributed by atoms with Crippen LogP contribution in [0.4, 0.5) is 0 Å². The Morgan fingerprint density at radius 1 is 0.684 bits per heavy atom. The number of sulfone groups is 1. The van der Waals surface area contributed by atoms with Crippen molar-refractivity contribution < 1.29 is 17.9 Å². The maximum atomic E-state index is 12.6. The lowest BCUT2D eigenvalue weighted by Gasteiger charge is -2.33. The standard InChI is InChI=1S/C14H26O4S/c1-17-11-3-7-13(8-4-11)19(15,16)14-9-5-12(18-2)6-10-14/h11-14H,3-10H2,1-2H3. The molecular formula is C14H26O4S. The summed E-state index contributed by atoms with van der Waals surface area (Å²) in [7, 11) is 0.468. The van der Waals surface area contributed by atoms with Crippen molar-refractivity contribution in [3.8, 4) is 0 Å². The van der Waals surface area contributed by atoms with Gasteiger partial charge in [0.15, 0.2) is 9.84 Å². The molecule has 0 aliphatic heterocycles. The summed E-state index contributed by atoms with van der Waals surface area (Å²) in [6, 6.07) is 0. The topological polar surface area (TPSA) is 52.6 Å². The third-order valence-electron chi connectivity index (χ3n) is 4.84. The van der Waals surface area contributed by atoms with Crippen LogP contribution < -0.4 is 0 Å². The Hall–Kier alpha value is -0.130. The fourth-order valence-corrected chi connectivity index (χ4v) is 5.87. The van der Waals surface area contributed by atoms with Gasteiger partial charge in [-0.05, 0) is 51.4 Å². The molecule has 0 unspecified atom stereocenters. The van der Waals surface area contributed by atoms with Crippen molar-refractivity contribution in [3.05, 3.63) is 0 Å². The van der Waals surface area contributed by atoms with Crippen LogP contribution in [0.3, 0.4) is 0 Å². The highest BCUT2D eigenvalue weighted by atomic mass is 32.2. The predicted molar refractivity (Wildman–Crippen MR) is 75.0 cm³/mol. The van der Waals surface area contributed by atoms with Gasteiger partial charge >= 0.3 is 0 Å². The molecule has 0 aromatic rings. The van der Waals surface area contributed by atoms with Crippen molar-refractivity contribution in [2.75, 3.05) is 14.2 Å².